The third-order valence-corrected chi connectivity index (χ3v) is 4.98. The smallest absolute Gasteiger partial charge is 0.240 e. The Morgan fingerprint density at radius 2 is 1.85 bits per heavy atom. The number of nitrogens with one attached hydrogen (secondary N) is 1. The van der Waals surface area contributed by atoms with E-state index in [1.807, 2.05) is 0 Å². The summed E-state index contributed by atoms with van der Waals surface area (Å²) >= 11 is 0. The average molecular weight is 299 g/mol. The van der Waals surface area contributed by atoms with E-state index in [0.717, 1.165) is 18.4 Å². The summed E-state index contributed by atoms with van der Waals surface area (Å²) < 4.78 is 32.2. The molecule has 1 aliphatic heterocycles. The second-order valence-electron chi connectivity index (χ2n) is 5.03. The minimum absolute atomic E-state index is 0.0636. The molecule has 1 fully saturated rings. The zero-order valence-corrected chi connectivity index (χ0v) is 12.2. The average Bonchev–Trinajstić information content (AvgIpc) is 2.47. The van der Waals surface area contributed by atoms with Crippen molar-refractivity contribution in [1.82, 2.24) is 4.72 Å². The summed E-state index contributed by atoms with van der Waals surface area (Å²) in [6.07, 6.45) is 2.34. The zero-order chi connectivity index (χ0) is 14.4. The standard InChI is InChI=1S/C14H21NO4S/c16-8-5-12-1-3-14(4-2-12)20(17,18)15-11-13-6-9-19-10-7-13/h1-4,13,15-16H,5-11H2. The molecule has 0 bridgehead atoms. The molecule has 0 unspecified atom stereocenters. The van der Waals surface area contributed by atoms with Crippen molar-refractivity contribution in [3.05, 3.63) is 29.8 Å². The van der Waals surface area contributed by atoms with Gasteiger partial charge in [-0.15, -0.1) is 0 Å². The van der Waals surface area contributed by atoms with Crippen LogP contribution in [0.3, 0.4) is 0 Å². The van der Waals surface area contributed by atoms with Crippen LogP contribution in [-0.2, 0) is 21.2 Å². The molecule has 1 aromatic carbocycles. The van der Waals surface area contributed by atoms with Crippen molar-refractivity contribution in [1.29, 1.82) is 0 Å². The lowest BCUT2D eigenvalue weighted by Crippen LogP contribution is -2.32. The largest absolute Gasteiger partial charge is 0.396 e. The molecule has 20 heavy (non-hydrogen) atoms. The van der Waals surface area contributed by atoms with Crippen molar-refractivity contribution >= 4 is 10.0 Å². The van der Waals surface area contributed by atoms with Gasteiger partial charge in [-0.3, -0.25) is 0 Å². The Kier molecular flexibility index (Phi) is 5.54. The summed E-state index contributed by atoms with van der Waals surface area (Å²) in [7, 11) is -3.44. The molecule has 6 heteroatoms. The van der Waals surface area contributed by atoms with Crippen LogP contribution in [0.5, 0.6) is 0 Å². The molecular weight excluding hydrogens is 278 g/mol. The monoisotopic (exact) mass is 299 g/mol. The minimum Gasteiger partial charge on any atom is -0.396 e. The van der Waals surface area contributed by atoms with Gasteiger partial charge in [0.2, 0.25) is 10.0 Å². The van der Waals surface area contributed by atoms with E-state index in [1.165, 1.54) is 0 Å². The van der Waals surface area contributed by atoms with Crippen LogP contribution in [0.25, 0.3) is 0 Å². The van der Waals surface area contributed by atoms with Gasteiger partial charge in [-0.1, -0.05) is 12.1 Å². The van der Waals surface area contributed by atoms with Gasteiger partial charge in [0.1, 0.15) is 0 Å². The third kappa shape index (κ3) is 4.28. The molecule has 2 N–H and O–H groups in total. The normalized spacial score (nSPS) is 17.2. The Hall–Kier alpha value is -0.950. The molecule has 0 radical (unpaired) electrons. The van der Waals surface area contributed by atoms with Crippen LogP contribution in [0, 0.1) is 5.92 Å². The summed E-state index contributed by atoms with van der Waals surface area (Å²) in [6.45, 7) is 1.95. The molecule has 112 valence electrons. The molecular formula is C14H21NO4S. The van der Waals surface area contributed by atoms with Crippen LogP contribution >= 0.6 is 0 Å². The van der Waals surface area contributed by atoms with E-state index in [9.17, 15) is 8.42 Å². The molecule has 0 saturated carbocycles. The quantitative estimate of drug-likeness (QED) is 0.819. The molecule has 0 atom stereocenters. The van der Waals surface area contributed by atoms with Crippen molar-refractivity contribution in [2.24, 2.45) is 5.92 Å². The van der Waals surface area contributed by atoms with Crippen molar-refractivity contribution < 1.29 is 18.3 Å². The number of hydrogen-bond acceptors (Lipinski definition) is 4. The first-order valence-corrected chi connectivity index (χ1v) is 8.37. The number of aliphatic hydroxyl groups is 1. The summed E-state index contributed by atoms with van der Waals surface area (Å²) in [5.41, 5.74) is 0.927. The van der Waals surface area contributed by atoms with E-state index in [2.05, 4.69) is 4.72 Å². The van der Waals surface area contributed by atoms with Crippen molar-refractivity contribution in [3.63, 3.8) is 0 Å². The summed E-state index contributed by atoms with van der Waals surface area (Å²) in [5.74, 6) is 0.354. The van der Waals surface area contributed by atoms with Gasteiger partial charge in [-0.05, 0) is 42.9 Å². The van der Waals surface area contributed by atoms with Gasteiger partial charge in [0.05, 0.1) is 4.90 Å². The molecule has 2 rings (SSSR count). The molecule has 1 aromatic rings. The van der Waals surface area contributed by atoms with Crippen LogP contribution < -0.4 is 4.72 Å². The van der Waals surface area contributed by atoms with Gasteiger partial charge >= 0.3 is 0 Å². The van der Waals surface area contributed by atoms with Crippen LogP contribution in [0.1, 0.15) is 18.4 Å². The summed E-state index contributed by atoms with van der Waals surface area (Å²) in [5, 5.41) is 8.84. The molecule has 0 aliphatic carbocycles. The minimum atomic E-state index is -3.44. The topological polar surface area (TPSA) is 75.6 Å². The number of ether oxygens (including phenoxy) is 1. The van der Waals surface area contributed by atoms with E-state index in [4.69, 9.17) is 9.84 Å². The highest BCUT2D eigenvalue weighted by Gasteiger charge is 2.18. The molecule has 0 aromatic heterocycles. The second-order valence-corrected chi connectivity index (χ2v) is 6.79. The number of rotatable bonds is 6. The van der Waals surface area contributed by atoms with Gasteiger partial charge in [0, 0.05) is 26.4 Å². The van der Waals surface area contributed by atoms with Gasteiger partial charge in [0.25, 0.3) is 0 Å². The molecule has 5 nitrogen and oxygen atoms in total. The van der Waals surface area contributed by atoms with Gasteiger partial charge < -0.3 is 9.84 Å². The maximum atomic E-state index is 12.2. The van der Waals surface area contributed by atoms with Crippen LogP contribution in [-0.4, -0.2) is 39.9 Å². The Morgan fingerprint density at radius 3 is 2.45 bits per heavy atom. The van der Waals surface area contributed by atoms with Gasteiger partial charge in [-0.25, -0.2) is 13.1 Å². The Labute approximate surface area is 120 Å². The highest BCUT2D eigenvalue weighted by molar-refractivity contribution is 7.89. The predicted molar refractivity (Wildman–Crippen MR) is 76.0 cm³/mol. The van der Waals surface area contributed by atoms with Crippen LogP contribution in [0.15, 0.2) is 29.2 Å². The molecule has 1 saturated heterocycles. The van der Waals surface area contributed by atoms with E-state index >= 15 is 0 Å². The van der Waals surface area contributed by atoms with Crippen molar-refractivity contribution in [3.8, 4) is 0 Å². The Balaban J connectivity index is 1.94. The fraction of sp³-hybridized carbons (Fsp3) is 0.571. The lowest BCUT2D eigenvalue weighted by Gasteiger charge is -2.22. The predicted octanol–water partition coefficient (Wildman–Crippen LogP) is 0.926. The molecule has 0 amide bonds. The molecule has 1 aliphatic rings. The van der Waals surface area contributed by atoms with E-state index in [1.54, 1.807) is 24.3 Å². The maximum absolute atomic E-state index is 12.2. The zero-order valence-electron chi connectivity index (χ0n) is 11.4. The first-order valence-electron chi connectivity index (χ1n) is 6.89. The molecule has 1 heterocycles. The second kappa shape index (κ2) is 7.17. The highest BCUT2D eigenvalue weighted by Crippen LogP contribution is 2.15. The first-order chi connectivity index (χ1) is 9.62. The maximum Gasteiger partial charge on any atom is 0.240 e. The fourth-order valence-electron chi connectivity index (χ4n) is 2.23. The number of aliphatic hydroxyl groups excluding tert-OH is 1. The van der Waals surface area contributed by atoms with Crippen LogP contribution in [0.2, 0.25) is 0 Å². The van der Waals surface area contributed by atoms with E-state index in [-0.39, 0.29) is 11.5 Å². The summed E-state index contributed by atoms with van der Waals surface area (Å²) in [6, 6.07) is 6.63. The van der Waals surface area contributed by atoms with Crippen molar-refractivity contribution in [2.45, 2.75) is 24.2 Å². The number of benzene rings is 1. The number of sulfonamides is 1. The van der Waals surface area contributed by atoms with Crippen LogP contribution in [0.4, 0.5) is 0 Å². The summed E-state index contributed by atoms with van der Waals surface area (Å²) in [4.78, 5) is 0.270. The Morgan fingerprint density at radius 1 is 1.20 bits per heavy atom. The van der Waals surface area contributed by atoms with Crippen molar-refractivity contribution in [2.75, 3.05) is 26.4 Å². The van der Waals surface area contributed by atoms with Gasteiger partial charge in [-0.2, -0.15) is 0 Å². The van der Waals surface area contributed by atoms with E-state index < -0.39 is 10.0 Å². The van der Waals surface area contributed by atoms with E-state index in [0.29, 0.717) is 32.1 Å². The van der Waals surface area contributed by atoms with Gasteiger partial charge in [0.15, 0.2) is 0 Å². The molecule has 0 spiro atoms. The Bertz CT molecular complexity index is 506. The first kappa shape index (κ1) is 15.4. The fourth-order valence-corrected chi connectivity index (χ4v) is 3.34. The third-order valence-electron chi connectivity index (χ3n) is 3.54. The highest BCUT2D eigenvalue weighted by atomic mass is 32.2. The lowest BCUT2D eigenvalue weighted by atomic mass is 10.0. The number of hydrogen-bond donors (Lipinski definition) is 2. The lowest BCUT2D eigenvalue weighted by molar-refractivity contribution is 0.0678. The SMILES string of the molecule is O=S(=O)(NCC1CCOCC1)c1ccc(CCO)cc1.